The third kappa shape index (κ3) is 5.12. The van der Waals surface area contributed by atoms with Gasteiger partial charge in [0.05, 0.1) is 21.7 Å². The molecule has 0 saturated carbocycles. The fraction of sp³-hybridized carbons (Fsp3) is 0.235. The van der Waals surface area contributed by atoms with Crippen LogP contribution in [0.1, 0.15) is 22.8 Å². The number of hydrogen-bond acceptors (Lipinski definition) is 4. The number of non-ortho nitro benzene ring substituents is 1. The second-order valence-electron chi connectivity index (χ2n) is 5.64. The van der Waals surface area contributed by atoms with E-state index in [2.05, 4.69) is 10.6 Å². The Balaban J connectivity index is 1.94. The third-order valence-corrected chi connectivity index (χ3v) is 4.16. The van der Waals surface area contributed by atoms with E-state index < -0.39 is 11.0 Å². The van der Waals surface area contributed by atoms with E-state index in [0.29, 0.717) is 15.7 Å². The maximum atomic E-state index is 10.6. The standard InChI is InChI=1S/C17H18ClN3O3S/c1-10-7-11(2)16(14(18)8-10)20-17(25)19-9-15(22)12-3-5-13(6-4-12)21(23)24/h3-8,15,22H,9H2,1-2H3,(H2,19,20,25)/t15-/m1/s1. The minimum Gasteiger partial charge on any atom is -0.387 e. The molecule has 0 aliphatic rings. The van der Waals surface area contributed by atoms with Crippen LogP contribution in [0.25, 0.3) is 0 Å². The van der Waals surface area contributed by atoms with Crippen LogP contribution >= 0.6 is 23.8 Å². The number of nitro groups is 1. The number of hydrogen-bond donors (Lipinski definition) is 3. The zero-order valence-corrected chi connectivity index (χ0v) is 15.3. The lowest BCUT2D eigenvalue weighted by Gasteiger charge is -2.17. The van der Waals surface area contributed by atoms with Crippen LogP contribution < -0.4 is 10.6 Å². The smallest absolute Gasteiger partial charge is 0.269 e. The van der Waals surface area contributed by atoms with E-state index in [9.17, 15) is 15.2 Å². The van der Waals surface area contributed by atoms with Crippen molar-refractivity contribution in [1.82, 2.24) is 5.32 Å². The maximum Gasteiger partial charge on any atom is 0.269 e. The molecule has 1 atom stereocenters. The number of nitro benzene ring substituents is 1. The molecule has 2 aromatic rings. The Morgan fingerprint density at radius 1 is 1.32 bits per heavy atom. The minimum absolute atomic E-state index is 0.0226. The molecule has 0 spiro atoms. The zero-order chi connectivity index (χ0) is 18.6. The average Bonchev–Trinajstić information content (AvgIpc) is 2.56. The molecule has 0 amide bonds. The lowest BCUT2D eigenvalue weighted by atomic mass is 10.1. The number of aliphatic hydroxyl groups is 1. The van der Waals surface area contributed by atoms with Crippen LogP contribution in [-0.4, -0.2) is 21.7 Å². The van der Waals surface area contributed by atoms with Gasteiger partial charge in [0.2, 0.25) is 0 Å². The number of aryl methyl sites for hydroxylation is 2. The number of aliphatic hydroxyl groups excluding tert-OH is 1. The van der Waals surface area contributed by atoms with Crippen molar-refractivity contribution in [2.75, 3.05) is 11.9 Å². The molecule has 8 heteroatoms. The first-order valence-electron chi connectivity index (χ1n) is 7.52. The van der Waals surface area contributed by atoms with Crippen molar-refractivity contribution in [2.45, 2.75) is 20.0 Å². The van der Waals surface area contributed by atoms with Gasteiger partial charge in [-0.3, -0.25) is 10.1 Å². The Bertz CT molecular complexity index is 773. The van der Waals surface area contributed by atoms with Gasteiger partial charge < -0.3 is 15.7 Å². The molecule has 25 heavy (non-hydrogen) atoms. The number of rotatable bonds is 5. The van der Waals surface area contributed by atoms with Gasteiger partial charge in [0, 0.05) is 18.7 Å². The van der Waals surface area contributed by atoms with E-state index in [1.807, 2.05) is 26.0 Å². The monoisotopic (exact) mass is 379 g/mol. The summed E-state index contributed by atoms with van der Waals surface area (Å²) in [6, 6.07) is 9.56. The molecule has 0 aliphatic heterocycles. The Labute approximate surface area is 156 Å². The summed E-state index contributed by atoms with van der Waals surface area (Å²) in [4.78, 5) is 10.2. The van der Waals surface area contributed by atoms with Crippen LogP contribution in [0.15, 0.2) is 36.4 Å². The van der Waals surface area contributed by atoms with Crippen molar-refractivity contribution in [3.8, 4) is 0 Å². The van der Waals surface area contributed by atoms with Gasteiger partial charge in [-0.2, -0.15) is 0 Å². The quantitative estimate of drug-likeness (QED) is 0.415. The van der Waals surface area contributed by atoms with Crippen molar-refractivity contribution >= 4 is 40.3 Å². The van der Waals surface area contributed by atoms with Crippen LogP contribution in [0.2, 0.25) is 5.02 Å². The molecule has 0 heterocycles. The fourth-order valence-corrected chi connectivity index (χ4v) is 2.91. The summed E-state index contributed by atoms with van der Waals surface area (Å²) in [7, 11) is 0. The van der Waals surface area contributed by atoms with Crippen LogP contribution in [0.3, 0.4) is 0 Å². The molecule has 3 N–H and O–H groups in total. The highest BCUT2D eigenvalue weighted by atomic mass is 35.5. The first kappa shape index (κ1) is 19.1. The van der Waals surface area contributed by atoms with Crippen molar-refractivity contribution in [3.63, 3.8) is 0 Å². The second-order valence-corrected chi connectivity index (χ2v) is 6.45. The minimum atomic E-state index is -0.852. The topological polar surface area (TPSA) is 87.4 Å². The first-order valence-corrected chi connectivity index (χ1v) is 8.30. The summed E-state index contributed by atoms with van der Waals surface area (Å²) in [5.41, 5.74) is 3.27. The van der Waals surface area contributed by atoms with Gasteiger partial charge in [0.15, 0.2) is 5.11 Å². The van der Waals surface area contributed by atoms with Crippen molar-refractivity contribution in [1.29, 1.82) is 0 Å². The van der Waals surface area contributed by atoms with Crippen LogP contribution in [0, 0.1) is 24.0 Å². The van der Waals surface area contributed by atoms with E-state index in [1.165, 1.54) is 24.3 Å². The molecular weight excluding hydrogens is 362 g/mol. The molecule has 6 nitrogen and oxygen atoms in total. The third-order valence-electron chi connectivity index (χ3n) is 3.61. The normalized spacial score (nSPS) is 11.7. The van der Waals surface area contributed by atoms with Gasteiger partial charge in [-0.15, -0.1) is 0 Å². The number of benzene rings is 2. The highest BCUT2D eigenvalue weighted by Gasteiger charge is 2.12. The van der Waals surface area contributed by atoms with Crippen molar-refractivity contribution in [3.05, 3.63) is 68.2 Å². The Kier molecular flexibility index (Phi) is 6.30. The maximum absolute atomic E-state index is 10.6. The summed E-state index contributed by atoms with van der Waals surface area (Å²) >= 11 is 11.5. The molecule has 0 aromatic heterocycles. The number of thiocarbonyl (C=S) groups is 1. The molecule has 0 radical (unpaired) electrons. The van der Waals surface area contributed by atoms with Crippen molar-refractivity contribution in [2.24, 2.45) is 0 Å². The number of halogens is 1. The van der Waals surface area contributed by atoms with Crippen LogP contribution in [-0.2, 0) is 0 Å². The molecule has 0 fully saturated rings. The molecule has 2 aromatic carbocycles. The number of nitrogens with one attached hydrogen (secondary N) is 2. The van der Waals surface area contributed by atoms with E-state index in [4.69, 9.17) is 23.8 Å². The molecule has 0 bridgehead atoms. The number of nitrogens with zero attached hydrogens (tertiary/aromatic N) is 1. The summed E-state index contributed by atoms with van der Waals surface area (Å²) in [6.45, 7) is 4.04. The van der Waals surface area contributed by atoms with E-state index in [-0.39, 0.29) is 12.2 Å². The lowest BCUT2D eigenvalue weighted by Crippen LogP contribution is -2.32. The molecule has 0 saturated heterocycles. The highest BCUT2D eigenvalue weighted by molar-refractivity contribution is 7.80. The average molecular weight is 380 g/mol. The van der Waals surface area contributed by atoms with Gasteiger partial charge in [-0.25, -0.2) is 0 Å². The van der Waals surface area contributed by atoms with Gasteiger partial charge in [-0.05, 0) is 61.0 Å². The molecule has 2 rings (SSSR count). The summed E-state index contributed by atoms with van der Waals surface area (Å²) in [5.74, 6) is 0. The van der Waals surface area contributed by atoms with Crippen LogP contribution in [0.5, 0.6) is 0 Å². The summed E-state index contributed by atoms with van der Waals surface area (Å²) in [6.07, 6.45) is -0.852. The van der Waals surface area contributed by atoms with Gasteiger partial charge in [0.25, 0.3) is 5.69 Å². The molecule has 0 unspecified atom stereocenters. The molecule has 132 valence electrons. The number of anilines is 1. The van der Waals surface area contributed by atoms with Gasteiger partial charge in [0.1, 0.15) is 0 Å². The molecule has 0 aliphatic carbocycles. The largest absolute Gasteiger partial charge is 0.387 e. The zero-order valence-electron chi connectivity index (χ0n) is 13.7. The Morgan fingerprint density at radius 2 is 1.96 bits per heavy atom. The predicted molar refractivity (Wildman–Crippen MR) is 103 cm³/mol. The van der Waals surface area contributed by atoms with E-state index in [1.54, 1.807) is 0 Å². The highest BCUT2D eigenvalue weighted by Crippen LogP contribution is 2.27. The Hall–Kier alpha value is -2.22. The van der Waals surface area contributed by atoms with Crippen molar-refractivity contribution < 1.29 is 10.0 Å². The molecular formula is C17H18ClN3O3S. The van der Waals surface area contributed by atoms with Gasteiger partial charge in [-0.1, -0.05) is 17.7 Å². The van der Waals surface area contributed by atoms with Crippen LogP contribution in [0.4, 0.5) is 11.4 Å². The first-order chi connectivity index (χ1) is 11.8. The van der Waals surface area contributed by atoms with Gasteiger partial charge >= 0.3 is 0 Å². The second kappa shape index (κ2) is 8.24. The fourth-order valence-electron chi connectivity index (χ4n) is 2.36. The lowest BCUT2D eigenvalue weighted by molar-refractivity contribution is -0.384. The van der Waals surface area contributed by atoms with E-state index in [0.717, 1.165) is 16.8 Å². The van der Waals surface area contributed by atoms with E-state index >= 15 is 0 Å². The predicted octanol–water partition coefficient (Wildman–Crippen LogP) is 3.89. The SMILES string of the molecule is Cc1cc(C)c(NC(=S)NC[C@@H](O)c2ccc([N+](=O)[O-])cc2)c(Cl)c1. The summed E-state index contributed by atoms with van der Waals surface area (Å²) < 4.78 is 0. The summed E-state index contributed by atoms with van der Waals surface area (Å²) in [5, 5.41) is 27.6. The Morgan fingerprint density at radius 3 is 2.52 bits per heavy atom.